The van der Waals surface area contributed by atoms with Crippen LogP contribution in [0.2, 0.25) is 0 Å². The standard InChI is InChI=1S/C13H24O2/c1-9(2)13(4,15)12-7-5-11(6-8-12)10(3)14/h9,11-12,15H,5-8H2,1-4H3/t11?,12?,13-/m0/s1. The molecule has 2 heteroatoms. The van der Waals surface area contributed by atoms with E-state index in [4.69, 9.17) is 0 Å². The van der Waals surface area contributed by atoms with Crippen molar-refractivity contribution >= 4 is 5.78 Å². The molecule has 1 fully saturated rings. The molecule has 88 valence electrons. The van der Waals surface area contributed by atoms with E-state index in [2.05, 4.69) is 13.8 Å². The minimum atomic E-state index is -0.568. The maximum Gasteiger partial charge on any atom is 0.132 e. The second kappa shape index (κ2) is 4.65. The minimum Gasteiger partial charge on any atom is -0.390 e. The van der Waals surface area contributed by atoms with Gasteiger partial charge in [0.2, 0.25) is 0 Å². The van der Waals surface area contributed by atoms with Crippen LogP contribution in [0.3, 0.4) is 0 Å². The normalized spacial score (nSPS) is 31.3. The first kappa shape index (κ1) is 12.7. The Balaban J connectivity index is 2.54. The summed E-state index contributed by atoms with van der Waals surface area (Å²) < 4.78 is 0. The van der Waals surface area contributed by atoms with Gasteiger partial charge in [0.15, 0.2) is 0 Å². The lowest BCUT2D eigenvalue weighted by Crippen LogP contribution is -2.42. The van der Waals surface area contributed by atoms with Crippen LogP contribution >= 0.6 is 0 Å². The summed E-state index contributed by atoms with van der Waals surface area (Å²) in [4.78, 5) is 11.2. The maximum absolute atomic E-state index is 11.2. The highest BCUT2D eigenvalue weighted by molar-refractivity contribution is 5.78. The van der Waals surface area contributed by atoms with Crippen LogP contribution in [-0.4, -0.2) is 16.5 Å². The quantitative estimate of drug-likeness (QED) is 0.781. The van der Waals surface area contributed by atoms with Gasteiger partial charge in [0, 0.05) is 5.92 Å². The van der Waals surface area contributed by atoms with E-state index < -0.39 is 5.60 Å². The first-order valence-electron chi connectivity index (χ1n) is 6.08. The monoisotopic (exact) mass is 212 g/mol. The number of carbonyl (C=O) groups excluding carboxylic acids is 1. The van der Waals surface area contributed by atoms with Crippen molar-refractivity contribution in [1.29, 1.82) is 0 Å². The first-order chi connectivity index (χ1) is 6.85. The fraction of sp³-hybridized carbons (Fsp3) is 0.923. The highest BCUT2D eigenvalue weighted by Gasteiger charge is 2.37. The molecular formula is C13H24O2. The molecule has 1 rings (SSSR count). The van der Waals surface area contributed by atoms with E-state index in [-0.39, 0.29) is 11.8 Å². The van der Waals surface area contributed by atoms with Crippen LogP contribution < -0.4 is 0 Å². The lowest BCUT2D eigenvalue weighted by Gasteiger charge is -2.40. The van der Waals surface area contributed by atoms with Gasteiger partial charge < -0.3 is 5.11 Å². The third-order valence-electron chi connectivity index (χ3n) is 4.30. The zero-order valence-electron chi connectivity index (χ0n) is 10.4. The molecule has 0 aromatic carbocycles. The highest BCUT2D eigenvalue weighted by Crippen LogP contribution is 2.39. The Labute approximate surface area is 93.1 Å². The lowest BCUT2D eigenvalue weighted by molar-refractivity contribution is -0.123. The molecular weight excluding hydrogens is 188 g/mol. The lowest BCUT2D eigenvalue weighted by atomic mass is 9.69. The number of Topliss-reactive ketones (excluding diaryl/α,β-unsaturated/α-hetero) is 1. The van der Waals surface area contributed by atoms with E-state index in [1.165, 1.54) is 0 Å². The zero-order valence-corrected chi connectivity index (χ0v) is 10.4. The summed E-state index contributed by atoms with van der Waals surface area (Å²) in [5.74, 6) is 1.23. The van der Waals surface area contributed by atoms with Crippen LogP contribution in [0.15, 0.2) is 0 Å². The molecule has 1 saturated carbocycles. The van der Waals surface area contributed by atoms with Crippen molar-refractivity contribution in [1.82, 2.24) is 0 Å². The van der Waals surface area contributed by atoms with Crippen LogP contribution in [-0.2, 0) is 4.79 Å². The van der Waals surface area contributed by atoms with Crippen molar-refractivity contribution < 1.29 is 9.90 Å². The van der Waals surface area contributed by atoms with Gasteiger partial charge >= 0.3 is 0 Å². The van der Waals surface area contributed by atoms with E-state index in [0.29, 0.717) is 11.7 Å². The van der Waals surface area contributed by atoms with Gasteiger partial charge in [-0.3, -0.25) is 4.79 Å². The molecule has 0 aromatic heterocycles. The predicted octanol–water partition coefficient (Wildman–Crippen LogP) is 2.79. The van der Waals surface area contributed by atoms with E-state index >= 15 is 0 Å². The van der Waals surface area contributed by atoms with Gasteiger partial charge in [-0.1, -0.05) is 13.8 Å². The van der Waals surface area contributed by atoms with Gasteiger partial charge in [0.25, 0.3) is 0 Å². The number of hydrogen-bond donors (Lipinski definition) is 1. The van der Waals surface area contributed by atoms with E-state index in [1.54, 1.807) is 6.92 Å². The Kier molecular flexibility index (Phi) is 3.93. The molecule has 1 atom stereocenters. The first-order valence-corrected chi connectivity index (χ1v) is 6.08. The summed E-state index contributed by atoms with van der Waals surface area (Å²) in [6.07, 6.45) is 3.91. The van der Waals surface area contributed by atoms with Crippen molar-refractivity contribution in [3.8, 4) is 0 Å². The molecule has 1 aliphatic carbocycles. The molecule has 1 N–H and O–H groups in total. The van der Waals surface area contributed by atoms with Crippen molar-refractivity contribution in [2.45, 2.75) is 59.0 Å². The van der Waals surface area contributed by atoms with Crippen LogP contribution in [0.1, 0.15) is 53.4 Å². The average Bonchev–Trinajstić information content (AvgIpc) is 2.17. The molecule has 0 unspecified atom stereocenters. The summed E-state index contributed by atoms with van der Waals surface area (Å²) in [6, 6.07) is 0. The maximum atomic E-state index is 11.2. The third-order valence-corrected chi connectivity index (χ3v) is 4.30. The largest absolute Gasteiger partial charge is 0.390 e. The van der Waals surface area contributed by atoms with Gasteiger partial charge in [-0.25, -0.2) is 0 Å². The molecule has 1 aliphatic rings. The Morgan fingerprint density at radius 1 is 1.27 bits per heavy atom. The van der Waals surface area contributed by atoms with Crippen LogP contribution in [0.25, 0.3) is 0 Å². The summed E-state index contributed by atoms with van der Waals surface area (Å²) >= 11 is 0. The van der Waals surface area contributed by atoms with E-state index in [1.807, 2.05) is 6.92 Å². The average molecular weight is 212 g/mol. The predicted molar refractivity (Wildman–Crippen MR) is 61.6 cm³/mol. The Bertz CT molecular complexity index is 223. The smallest absolute Gasteiger partial charge is 0.132 e. The second-order valence-corrected chi connectivity index (χ2v) is 5.54. The van der Waals surface area contributed by atoms with Crippen molar-refractivity contribution in [2.24, 2.45) is 17.8 Å². The molecule has 0 bridgehead atoms. The fourth-order valence-electron chi connectivity index (χ4n) is 2.56. The molecule has 0 saturated heterocycles. The van der Waals surface area contributed by atoms with Crippen LogP contribution in [0.4, 0.5) is 0 Å². The minimum absolute atomic E-state index is 0.254. The summed E-state index contributed by atoms with van der Waals surface area (Å²) in [5, 5.41) is 10.4. The molecule has 0 heterocycles. The summed E-state index contributed by atoms with van der Waals surface area (Å²) in [5.41, 5.74) is -0.568. The molecule has 0 amide bonds. The van der Waals surface area contributed by atoms with E-state index in [0.717, 1.165) is 25.7 Å². The Hall–Kier alpha value is -0.370. The molecule has 0 aliphatic heterocycles. The van der Waals surface area contributed by atoms with Gasteiger partial charge in [-0.15, -0.1) is 0 Å². The number of ketones is 1. The topological polar surface area (TPSA) is 37.3 Å². The number of hydrogen-bond acceptors (Lipinski definition) is 2. The number of carbonyl (C=O) groups is 1. The molecule has 2 nitrogen and oxygen atoms in total. The molecule has 0 spiro atoms. The van der Waals surface area contributed by atoms with Gasteiger partial charge in [0.05, 0.1) is 5.60 Å². The second-order valence-electron chi connectivity index (χ2n) is 5.54. The van der Waals surface area contributed by atoms with Crippen molar-refractivity contribution in [3.63, 3.8) is 0 Å². The fourth-order valence-corrected chi connectivity index (χ4v) is 2.56. The summed E-state index contributed by atoms with van der Waals surface area (Å²) in [6.45, 7) is 7.76. The van der Waals surface area contributed by atoms with Crippen LogP contribution in [0, 0.1) is 17.8 Å². The van der Waals surface area contributed by atoms with Gasteiger partial charge in [-0.05, 0) is 51.4 Å². The SMILES string of the molecule is CC(=O)C1CCC([C@@](C)(O)C(C)C)CC1. The zero-order chi connectivity index (χ0) is 11.6. The summed E-state index contributed by atoms with van der Waals surface area (Å²) in [7, 11) is 0. The van der Waals surface area contributed by atoms with Crippen molar-refractivity contribution in [3.05, 3.63) is 0 Å². The number of aliphatic hydroxyl groups is 1. The number of rotatable bonds is 3. The third kappa shape index (κ3) is 2.81. The highest BCUT2D eigenvalue weighted by atomic mass is 16.3. The van der Waals surface area contributed by atoms with E-state index in [9.17, 15) is 9.90 Å². The molecule has 0 radical (unpaired) electrons. The van der Waals surface area contributed by atoms with Gasteiger partial charge in [-0.2, -0.15) is 0 Å². The molecule has 15 heavy (non-hydrogen) atoms. The van der Waals surface area contributed by atoms with Gasteiger partial charge in [0.1, 0.15) is 5.78 Å². The Morgan fingerprint density at radius 3 is 2.07 bits per heavy atom. The molecule has 0 aromatic rings. The van der Waals surface area contributed by atoms with Crippen molar-refractivity contribution in [2.75, 3.05) is 0 Å². The Morgan fingerprint density at radius 2 is 1.73 bits per heavy atom. The van der Waals surface area contributed by atoms with Crippen LogP contribution in [0.5, 0.6) is 0 Å².